The minimum absolute atomic E-state index is 0.382. The highest BCUT2D eigenvalue weighted by Crippen LogP contribution is 2.33. The Bertz CT molecular complexity index is 888. The van der Waals surface area contributed by atoms with Crippen molar-refractivity contribution in [2.45, 2.75) is 12.5 Å². The zero-order valence-electron chi connectivity index (χ0n) is 13.8. The second-order valence-corrected chi connectivity index (χ2v) is 7.27. The van der Waals surface area contributed by atoms with Gasteiger partial charge in [0, 0.05) is 20.7 Å². The molecule has 26 heavy (non-hydrogen) atoms. The van der Waals surface area contributed by atoms with Crippen LogP contribution >= 0.6 is 27.5 Å². The lowest BCUT2D eigenvalue weighted by molar-refractivity contribution is -0.133. The van der Waals surface area contributed by atoms with Gasteiger partial charge in [-0.1, -0.05) is 45.7 Å². The lowest BCUT2D eigenvalue weighted by Gasteiger charge is -2.23. The number of carbonyl (C=O) groups excluding carboxylic acids is 3. The molecule has 0 unspecified atom stereocenters. The van der Waals surface area contributed by atoms with Crippen LogP contribution in [0.15, 0.2) is 53.0 Å². The van der Waals surface area contributed by atoms with Gasteiger partial charge in [-0.05, 0) is 37.3 Å². The van der Waals surface area contributed by atoms with Crippen LogP contribution in [-0.2, 0) is 15.1 Å². The Hall–Kier alpha value is -2.38. The van der Waals surface area contributed by atoms with Crippen LogP contribution in [0.1, 0.15) is 12.5 Å². The highest BCUT2D eigenvalue weighted by Gasteiger charge is 2.50. The summed E-state index contributed by atoms with van der Waals surface area (Å²) >= 11 is 9.20. The number of imide groups is 1. The molecule has 6 nitrogen and oxygen atoms in total. The van der Waals surface area contributed by atoms with E-state index in [1.54, 1.807) is 49.4 Å². The first kappa shape index (κ1) is 18.4. The van der Waals surface area contributed by atoms with Crippen molar-refractivity contribution in [1.82, 2.24) is 10.2 Å². The molecule has 1 atom stereocenters. The van der Waals surface area contributed by atoms with Crippen molar-refractivity contribution in [2.75, 3.05) is 11.9 Å². The predicted octanol–water partition coefficient (Wildman–Crippen LogP) is 3.51. The number of anilines is 1. The quantitative estimate of drug-likeness (QED) is 0.720. The third-order valence-electron chi connectivity index (χ3n) is 4.12. The number of urea groups is 1. The van der Waals surface area contributed by atoms with E-state index in [4.69, 9.17) is 11.6 Å². The first-order valence-electron chi connectivity index (χ1n) is 7.76. The maximum atomic E-state index is 12.8. The fourth-order valence-corrected chi connectivity index (χ4v) is 3.57. The van der Waals surface area contributed by atoms with E-state index in [0.29, 0.717) is 20.7 Å². The van der Waals surface area contributed by atoms with E-state index in [-0.39, 0.29) is 6.54 Å². The molecule has 0 aromatic heterocycles. The van der Waals surface area contributed by atoms with E-state index in [9.17, 15) is 14.4 Å². The maximum absolute atomic E-state index is 12.8. The summed E-state index contributed by atoms with van der Waals surface area (Å²) in [4.78, 5) is 38.3. The van der Waals surface area contributed by atoms with Crippen LogP contribution < -0.4 is 10.6 Å². The number of nitrogens with zero attached hydrogens (tertiary/aromatic N) is 1. The molecule has 2 N–H and O–H groups in total. The summed E-state index contributed by atoms with van der Waals surface area (Å²) in [5.41, 5.74) is -0.0865. The molecule has 1 heterocycles. The Morgan fingerprint density at radius 2 is 1.85 bits per heavy atom. The molecular formula is C18H15BrClN3O3. The minimum Gasteiger partial charge on any atom is -0.325 e. The van der Waals surface area contributed by atoms with Gasteiger partial charge in [0.15, 0.2) is 0 Å². The second-order valence-electron chi connectivity index (χ2n) is 5.98. The Labute approximate surface area is 163 Å². The molecule has 1 aliphatic heterocycles. The standard InChI is InChI=1S/C18H15BrClN3O3/c1-18(13-4-2-3-5-14(13)19)16(25)23(17(26)22-18)10-15(24)21-12-8-6-11(20)7-9-12/h2-9H,10H2,1H3,(H,21,24)(H,22,26)/t18-/m1/s1. The summed E-state index contributed by atoms with van der Waals surface area (Å²) in [5.74, 6) is -0.965. The first-order chi connectivity index (χ1) is 12.3. The van der Waals surface area contributed by atoms with Crippen LogP contribution in [0.3, 0.4) is 0 Å². The van der Waals surface area contributed by atoms with Crippen molar-refractivity contribution < 1.29 is 14.4 Å². The molecule has 2 aromatic carbocycles. The first-order valence-corrected chi connectivity index (χ1v) is 8.93. The van der Waals surface area contributed by atoms with Crippen LogP contribution in [-0.4, -0.2) is 29.3 Å². The van der Waals surface area contributed by atoms with E-state index in [0.717, 1.165) is 4.90 Å². The minimum atomic E-state index is -1.24. The average molecular weight is 437 g/mol. The molecule has 8 heteroatoms. The lowest BCUT2D eigenvalue weighted by Crippen LogP contribution is -2.42. The van der Waals surface area contributed by atoms with Crippen molar-refractivity contribution in [1.29, 1.82) is 0 Å². The molecule has 1 aliphatic rings. The van der Waals surface area contributed by atoms with Crippen molar-refractivity contribution >= 4 is 51.1 Å². The molecule has 0 saturated carbocycles. The van der Waals surface area contributed by atoms with Gasteiger partial charge in [0.25, 0.3) is 5.91 Å². The fraction of sp³-hybridized carbons (Fsp3) is 0.167. The number of benzene rings is 2. The van der Waals surface area contributed by atoms with Crippen molar-refractivity contribution in [3.05, 3.63) is 63.6 Å². The Morgan fingerprint density at radius 3 is 2.50 bits per heavy atom. The SMILES string of the molecule is C[C@]1(c2ccccc2Br)NC(=O)N(CC(=O)Nc2ccc(Cl)cc2)C1=O. The van der Waals surface area contributed by atoms with Gasteiger partial charge >= 0.3 is 6.03 Å². The fourth-order valence-electron chi connectivity index (χ4n) is 2.77. The van der Waals surface area contributed by atoms with E-state index >= 15 is 0 Å². The summed E-state index contributed by atoms with van der Waals surface area (Å²) in [7, 11) is 0. The molecule has 0 aliphatic carbocycles. The summed E-state index contributed by atoms with van der Waals surface area (Å²) in [6.45, 7) is 1.23. The second kappa shape index (κ2) is 7.09. The van der Waals surface area contributed by atoms with Gasteiger partial charge in [-0.15, -0.1) is 0 Å². The van der Waals surface area contributed by atoms with Gasteiger partial charge in [-0.25, -0.2) is 4.79 Å². The molecule has 4 amide bonds. The molecule has 2 aromatic rings. The Balaban J connectivity index is 1.76. The van der Waals surface area contributed by atoms with E-state index in [1.165, 1.54) is 0 Å². The third-order valence-corrected chi connectivity index (χ3v) is 5.06. The summed E-state index contributed by atoms with van der Waals surface area (Å²) in [5, 5.41) is 5.85. The number of hydrogen-bond acceptors (Lipinski definition) is 3. The summed E-state index contributed by atoms with van der Waals surface area (Å²) in [6.07, 6.45) is 0. The zero-order valence-corrected chi connectivity index (χ0v) is 16.1. The molecule has 1 fully saturated rings. The van der Waals surface area contributed by atoms with Crippen LogP contribution in [0, 0.1) is 0 Å². The van der Waals surface area contributed by atoms with E-state index in [2.05, 4.69) is 26.6 Å². The van der Waals surface area contributed by atoms with Crippen LogP contribution in [0.2, 0.25) is 5.02 Å². The Morgan fingerprint density at radius 1 is 1.19 bits per heavy atom. The largest absolute Gasteiger partial charge is 0.325 e. The highest BCUT2D eigenvalue weighted by atomic mass is 79.9. The molecule has 0 bridgehead atoms. The highest BCUT2D eigenvalue weighted by molar-refractivity contribution is 9.10. The van der Waals surface area contributed by atoms with Gasteiger partial charge in [-0.2, -0.15) is 0 Å². The number of halogens is 2. The molecular weight excluding hydrogens is 422 g/mol. The summed E-state index contributed by atoms with van der Waals surface area (Å²) in [6, 6.07) is 13.1. The smallest absolute Gasteiger partial charge is 0.325 e. The van der Waals surface area contributed by atoms with Crippen molar-refractivity contribution in [3.8, 4) is 0 Å². The average Bonchev–Trinajstić information content (AvgIpc) is 2.81. The van der Waals surface area contributed by atoms with Gasteiger partial charge in [0.05, 0.1) is 0 Å². The molecule has 1 saturated heterocycles. The molecule has 0 radical (unpaired) electrons. The zero-order chi connectivity index (χ0) is 18.9. The monoisotopic (exact) mass is 435 g/mol. The number of rotatable bonds is 4. The topological polar surface area (TPSA) is 78.5 Å². The van der Waals surface area contributed by atoms with Crippen molar-refractivity contribution in [3.63, 3.8) is 0 Å². The number of carbonyl (C=O) groups is 3. The molecule has 134 valence electrons. The predicted molar refractivity (Wildman–Crippen MR) is 102 cm³/mol. The van der Waals surface area contributed by atoms with Crippen LogP contribution in [0.25, 0.3) is 0 Å². The Kier molecular flexibility index (Phi) is 5.02. The van der Waals surface area contributed by atoms with Gasteiger partial charge in [0.1, 0.15) is 12.1 Å². The number of amides is 4. The number of hydrogen-bond donors (Lipinski definition) is 2. The van der Waals surface area contributed by atoms with Gasteiger partial charge in [0.2, 0.25) is 5.91 Å². The van der Waals surface area contributed by atoms with Crippen LogP contribution in [0.5, 0.6) is 0 Å². The summed E-state index contributed by atoms with van der Waals surface area (Å²) < 4.78 is 0.698. The van der Waals surface area contributed by atoms with Gasteiger partial charge < -0.3 is 10.6 Å². The van der Waals surface area contributed by atoms with Crippen molar-refractivity contribution in [2.24, 2.45) is 0 Å². The lowest BCUT2D eigenvalue weighted by atomic mass is 9.92. The van der Waals surface area contributed by atoms with Crippen LogP contribution in [0.4, 0.5) is 10.5 Å². The van der Waals surface area contributed by atoms with E-state index in [1.807, 2.05) is 6.07 Å². The molecule has 0 spiro atoms. The van der Waals surface area contributed by atoms with E-state index < -0.39 is 23.4 Å². The number of nitrogens with one attached hydrogen (secondary N) is 2. The normalized spacial score (nSPS) is 19.4. The molecule has 3 rings (SSSR count). The maximum Gasteiger partial charge on any atom is 0.325 e. The van der Waals surface area contributed by atoms with Gasteiger partial charge in [-0.3, -0.25) is 14.5 Å². The third kappa shape index (κ3) is 3.45.